The second-order valence-corrected chi connectivity index (χ2v) is 18.3. The Morgan fingerprint density at radius 2 is 1.08 bits per heavy atom. The van der Waals surface area contributed by atoms with Crippen LogP contribution in [0.15, 0.2) is 24.3 Å². The van der Waals surface area contributed by atoms with Gasteiger partial charge in [-0.3, -0.25) is 43.5 Å². The van der Waals surface area contributed by atoms with Crippen LogP contribution in [0, 0.1) is 0 Å². The third kappa shape index (κ3) is 31.3. The number of aliphatic carboxylic acids is 6. The molecule has 28 heteroatoms. The number of nitrogens with one attached hydrogen (secondary N) is 6. The summed E-state index contributed by atoms with van der Waals surface area (Å²) in [6, 6.07) is 1.64. The van der Waals surface area contributed by atoms with Crippen LogP contribution in [0.3, 0.4) is 0 Å². The second kappa shape index (κ2) is 37.5. The molecule has 1 aliphatic rings. The Morgan fingerprint density at radius 1 is 0.573 bits per heavy atom. The van der Waals surface area contributed by atoms with E-state index in [9.17, 15) is 73.5 Å². The van der Waals surface area contributed by atoms with Crippen molar-refractivity contribution < 1.29 is 100 Å². The maximum atomic E-state index is 13.0. The molecule has 0 aromatic heterocycles. The van der Waals surface area contributed by atoms with Crippen molar-refractivity contribution in [3.8, 4) is 5.75 Å². The van der Waals surface area contributed by atoms with E-state index in [-0.39, 0.29) is 93.2 Å². The molecule has 1 aromatic rings. The summed E-state index contributed by atoms with van der Waals surface area (Å²) in [6.07, 6.45) is 3.79. The van der Waals surface area contributed by atoms with Crippen LogP contribution in [0.25, 0.3) is 0 Å². The van der Waals surface area contributed by atoms with Crippen molar-refractivity contribution >= 4 is 77.0 Å². The molecule has 0 spiro atoms. The van der Waals surface area contributed by atoms with E-state index in [1.807, 2.05) is 11.8 Å². The molecule has 1 aromatic carbocycles. The number of carboxylic acid groups (broad SMARTS) is 6. The Morgan fingerprint density at radius 3 is 1.64 bits per heavy atom. The molecule has 2 rings (SSSR count). The summed E-state index contributed by atoms with van der Waals surface area (Å²) in [5, 5.41) is 71.7. The van der Waals surface area contributed by atoms with Crippen LogP contribution in [0.4, 0.5) is 4.79 Å². The van der Waals surface area contributed by atoms with Gasteiger partial charge in [0.1, 0.15) is 23.9 Å². The van der Waals surface area contributed by atoms with E-state index in [2.05, 4.69) is 31.9 Å². The maximum absolute atomic E-state index is 13.0. The van der Waals surface area contributed by atoms with Gasteiger partial charge in [0.05, 0.1) is 19.6 Å². The van der Waals surface area contributed by atoms with Gasteiger partial charge in [-0.1, -0.05) is 25.0 Å². The molecule has 4 amide bonds. The number of amides is 4. The van der Waals surface area contributed by atoms with Crippen LogP contribution in [-0.2, 0) is 66.8 Å². The maximum Gasteiger partial charge on any atom is 0.326 e. The number of carboxylic acids is 6. The zero-order valence-electron chi connectivity index (χ0n) is 42.0. The summed E-state index contributed by atoms with van der Waals surface area (Å²) in [7, 11) is 0. The Kier molecular flexibility index (Phi) is 33.4. The summed E-state index contributed by atoms with van der Waals surface area (Å²) in [5.74, 6) is -8.01. The van der Waals surface area contributed by atoms with Crippen molar-refractivity contribution in [1.29, 1.82) is 0 Å². The molecule has 425 valence electrons. The quantitative estimate of drug-likeness (QED) is 0.0144. The van der Waals surface area contributed by atoms with E-state index in [1.54, 1.807) is 34.1 Å². The smallest absolute Gasteiger partial charge is 0.326 e. The van der Waals surface area contributed by atoms with Crippen molar-refractivity contribution in [2.75, 3.05) is 65.4 Å². The van der Waals surface area contributed by atoms with E-state index < -0.39 is 72.4 Å². The van der Waals surface area contributed by atoms with Crippen molar-refractivity contribution in [1.82, 2.24) is 46.6 Å². The van der Waals surface area contributed by atoms with Crippen LogP contribution in [0.1, 0.15) is 102 Å². The van der Waals surface area contributed by atoms with Gasteiger partial charge < -0.3 is 67.3 Å². The van der Waals surface area contributed by atoms with E-state index in [0.717, 1.165) is 5.56 Å². The van der Waals surface area contributed by atoms with E-state index in [1.165, 1.54) is 0 Å². The normalized spacial score (nSPS) is 15.3. The van der Waals surface area contributed by atoms with Gasteiger partial charge in [0.25, 0.3) is 0 Å². The summed E-state index contributed by atoms with van der Waals surface area (Å²) in [6.45, 7) is 4.35. The predicted molar refractivity (Wildman–Crippen MR) is 268 cm³/mol. The van der Waals surface area contributed by atoms with Gasteiger partial charge in [-0.05, 0) is 94.6 Å². The number of hydrogen-bond donors (Lipinski definition) is 12. The van der Waals surface area contributed by atoms with E-state index in [4.69, 9.17) is 22.1 Å². The Labute approximate surface area is 450 Å². The fourth-order valence-electron chi connectivity index (χ4n) is 7.69. The van der Waals surface area contributed by atoms with E-state index in [0.29, 0.717) is 108 Å². The molecule has 0 aliphatic carbocycles. The first-order valence-electron chi connectivity index (χ1n) is 24.6. The first-order valence-corrected chi connectivity index (χ1v) is 25.0. The average Bonchev–Trinajstić information content (AvgIpc) is 3.38. The van der Waals surface area contributed by atoms with E-state index >= 15 is 0 Å². The minimum Gasteiger partial charge on any atom is -0.481 e. The molecule has 12 N–H and O–H groups in total. The Hall–Kier alpha value is -6.19. The first kappa shape index (κ1) is 66.8. The van der Waals surface area contributed by atoms with Crippen LogP contribution in [0.5, 0.6) is 5.75 Å². The van der Waals surface area contributed by atoms with Gasteiger partial charge >= 0.3 is 47.8 Å². The molecule has 1 aliphatic heterocycles. The van der Waals surface area contributed by atoms with Crippen LogP contribution in [-0.4, -0.2) is 200 Å². The molecule has 1 fully saturated rings. The molecule has 4 atom stereocenters. The number of hydrogen-bond acceptors (Lipinski definition) is 15. The van der Waals surface area contributed by atoms with Crippen molar-refractivity contribution in [2.45, 2.75) is 128 Å². The minimum absolute atomic E-state index is 0. The van der Waals surface area contributed by atoms with Crippen molar-refractivity contribution in [2.24, 2.45) is 0 Å². The van der Waals surface area contributed by atoms with Gasteiger partial charge in [0.15, 0.2) is 5.11 Å². The van der Waals surface area contributed by atoms with Gasteiger partial charge in [-0.15, -0.1) is 0 Å². The predicted octanol–water partition coefficient (Wildman–Crippen LogP) is 0.468. The molecule has 1 unspecified atom stereocenters. The summed E-state index contributed by atoms with van der Waals surface area (Å²) >= 11 is 5.38. The van der Waals surface area contributed by atoms with Gasteiger partial charge in [-0.25, -0.2) is 19.2 Å². The number of nitrogens with zero attached hydrogens (tertiary/aromatic N) is 3. The molecule has 26 nitrogen and oxygen atoms in total. The summed E-state index contributed by atoms with van der Waals surface area (Å²) < 4.78 is 5.58. The molecular formula is C47H73CuN9O17S. The number of unbranched alkanes of at least 4 members (excludes halogenated alkanes) is 5. The monoisotopic (exact) mass is 1130 g/mol. The molecule has 1 radical (unpaired) electrons. The summed E-state index contributed by atoms with van der Waals surface area (Å²) in [5.41, 5.74) is 0.845. The fourth-order valence-corrected chi connectivity index (χ4v) is 7.86. The largest absolute Gasteiger partial charge is 0.481 e. The number of rotatable bonds is 35. The number of carbonyl (C=O) groups excluding carboxylic acids is 4. The number of esters is 1. The molecule has 75 heavy (non-hydrogen) atoms. The second-order valence-electron chi connectivity index (χ2n) is 17.9. The van der Waals surface area contributed by atoms with Crippen molar-refractivity contribution in [3.05, 3.63) is 29.8 Å². The first-order chi connectivity index (χ1) is 35.1. The summed E-state index contributed by atoms with van der Waals surface area (Å²) in [4.78, 5) is 123. The molecule has 1 saturated heterocycles. The molecule has 1 heterocycles. The standard InChI is InChI=1S/C47H73N9O17S.Cu/c1-31-27-55(29-41(63)64)23-22-54(28-40(61)62)24-25-56(31)30-42(65)73-33-16-14-32(15-17-33)26-50-47(74)49-21-9-7-10-34(43(66)67)51-38(58)13-5-3-2-4-12-37(57)48-20-8-6-11-35(44(68)69)52-46(72)53-36(45(70)71)18-19-39(59)60;/h14-17,31,34-36H,2-13,18-30H2,1H3,(H,48,57)(H,51,58)(H,59,60)(H,61,62)(H,63,64)(H,66,67)(H,68,69)(H,70,71)(H2,49,50,74)(H2,52,53,72);/t31-,34?,35-,36+;/m0./s1/i;1+0. The number of urea groups is 1. The Balaban J connectivity index is 0.0000281. The minimum atomic E-state index is -1.52. The zero-order valence-corrected chi connectivity index (χ0v) is 43.8. The third-order valence-electron chi connectivity index (χ3n) is 11.7. The molecule has 0 saturated carbocycles. The topological polar surface area (TPSA) is 383 Å². The average molecular weight is 1130 g/mol. The van der Waals surface area contributed by atoms with Gasteiger partial charge in [0.2, 0.25) is 11.8 Å². The molecule has 0 bridgehead atoms. The molecular weight excluding hydrogens is 1060 g/mol. The number of carbonyl (C=O) groups is 10. The van der Waals surface area contributed by atoms with Crippen LogP contribution < -0.4 is 36.6 Å². The van der Waals surface area contributed by atoms with Crippen LogP contribution in [0.2, 0.25) is 0 Å². The number of benzene rings is 1. The SMILES string of the molecule is C[C@H]1CN(CC(=O)O)CCN(CC(=O)O)CCN1CC(=O)Oc1ccc(CNC(=S)NCCCCC(NC(=O)CCCCCCC(=O)NCCCC[C@H](NC(=O)N[C@H](CCC(=O)O)C(=O)O)C(=O)O)C(=O)O)cc1.[64Cu]. The van der Waals surface area contributed by atoms with Gasteiger partial charge in [0, 0.05) is 94.7 Å². The number of ether oxygens (including phenoxy) is 1. The van der Waals surface area contributed by atoms with Crippen LogP contribution >= 0.6 is 12.2 Å². The van der Waals surface area contributed by atoms with Gasteiger partial charge in [-0.2, -0.15) is 0 Å². The third-order valence-corrected chi connectivity index (χ3v) is 12.0. The number of thiocarbonyl (C=S) groups is 1. The zero-order chi connectivity index (χ0) is 55.0. The Bertz CT molecular complexity index is 2040. The van der Waals surface area contributed by atoms with Crippen molar-refractivity contribution in [3.63, 3.8) is 0 Å². The fraction of sp³-hybridized carbons (Fsp3) is 0.638.